The van der Waals surface area contributed by atoms with Crippen LogP contribution in [0.5, 0.6) is 11.5 Å². The summed E-state index contributed by atoms with van der Waals surface area (Å²) in [5.41, 5.74) is 2.01. The number of urea groups is 1. The highest BCUT2D eigenvalue weighted by atomic mass is 16.6. The first-order chi connectivity index (χ1) is 11.2. The minimum atomic E-state index is -0.128. The average Bonchev–Trinajstić information content (AvgIpc) is 2.60. The van der Waals surface area contributed by atoms with Crippen LogP contribution >= 0.6 is 0 Å². The summed E-state index contributed by atoms with van der Waals surface area (Å²) in [6.07, 6.45) is 3.42. The zero-order valence-electron chi connectivity index (χ0n) is 13.0. The number of hydrogen-bond donors (Lipinski definition) is 1. The molecule has 0 saturated heterocycles. The number of ether oxygens (including phenoxy) is 2. The molecule has 0 saturated carbocycles. The van der Waals surface area contributed by atoms with Crippen LogP contribution in [0.15, 0.2) is 42.7 Å². The Bertz CT molecular complexity index is 676. The number of pyridine rings is 1. The molecule has 2 aromatic rings. The molecule has 0 atom stereocenters. The molecule has 1 aromatic carbocycles. The van der Waals surface area contributed by atoms with E-state index in [0.29, 0.717) is 26.3 Å². The fraction of sp³-hybridized carbons (Fsp3) is 0.294. The molecule has 1 aliphatic heterocycles. The van der Waals surface area contributed by atoms with E-state index in [1.165, 1.54) is 0 Å². The second-order valence-corrected chi connectivity index (χ2v) is 5.35. The van der Waals surface area contributed by atoms with Crippen LogP contribution in [0.2, 0.25) is 0 Å². The van der Waals surface area contributed by atoms with Crippen LogP contribution in [0.4, 0.5) is 4.79 Å². The van der Waals surface area contributed by atoms with Crippen molar-refractivity contribution in [3.8, 4) is 11.5 Å². The number of rotatable bonds is 4. The summed E-state index contributed by atoms with van der Waals surface area (Å²) < 4.78 is 11.1. The van der Waals surface area contributed by atoms with Crippen molar-refractivity contribution in [3.63, 3.8) is 0 Å². The molecule has 1 aliphatic rings. The zero-order valence-corrected chi connectivity index (χ0v) is 13.0. The third-order valence-electron chi connectivity index (χ3n) is 3.57. The Hall–Kier alpha value is -2.76. The summed E-state index contributed by atoms with van der Waals surface area (Å²) in [4.78, 5) is 17.7. The summed E-state index contributed by atoms with van der Waals surface area (Å²) in [5.74, 6) is 1.49. The van der Waals surface area contributed by atoms with Crippen molar-refractivity contribution in [2.24, 2.45) is 0 Å². The number of carbonyl (C=O) groups is 1. The molecule has 120 valence electrons. The third-order valence-corrected chi connectivity index (χ3v) is 3.57. The number of benzene rings is 1. The maximum Gasteiger partial charge on any atom is 0.317 e. The Morgan fingerprint density at radius 1 is 1.13 bits per heavy atom. The lowest BCUT2D eigenvalue weighted by Gasteiger charge is -2.21. The molecular formula is C17H19N3O3. The summed E-state index contributed by atoms with van der Waals surface area (Å²) in [6, 6.07) is 9.37. The zero-order chi connectivity index (χ0) is 16.1. The van der Waals surface area contributed by atoms with Gasteiger partial charge in [-0.15, -0.1) is 0 Å². The maximum atomic E-state index is 12.2. The number of nitrogens with zero attached hydrogens (tertiary/aromatic N) is 2. The molecule has 23 heavy (non-hydrogen) atoms. The van der Waals surface area contributed by atoms with E-state index in [2.05, 4.69) is 10.3 Å². The Kier molecular flexibility index (Phi) is 4.61. The predicted octanol–water partition coefficient (Wildman–Crippen LogP) is 2.19. The first-order valence-electron chi connectivity index (χ1n) is 7.49. The number of hydrogen-bond acceptors (Lipinski definition) is 4. The highest BCUT2D eigenvalue weighted by molar-refractivity contribution is 5.73. The lowest BCUT2D eigenvalue weighted by atomic mass is 10.2. The number of amides is 2. The van der Waals surface area contributed by atoms with E-state index in [1.54, 1.807) is 24.3 Å². The van der Waals surface area contributed by atoms with Crippen molar-refractivity contribution in [2.75, 3.05) is 20.3 Å². The topological polar surface area (TPSA) is 63.7 Å². The van der Waals surface area contributed by atoms with E-state index in [4.69, 9.17) is 9.47 Å². The molecule has 0 aliphatic carbocycles. The number of fused-ring (bicyclic) bond motifs is 1. The summed E-state index contributed by atoms with van der Waals surface area (Å²) >= 11 is 0. The normalized spacial score (nSPS) is 12.6. The van der Waals surface area contributed by atoms with Gasteiger partial charge in [-0.25, -0.2) is 4.79 Å². The molecule has 3 rings (SSSR count). The van der Waals surface area contributed by atoms with Crippen molar-refractivity contribution in [1.82, 2.24) is 15.2 Å². The van der Waals surface area contributed by atoms with Crippen molar-refractivity contribution >= 4 is 6.03 Å². The minimum Gasteiger partial charge on any atom is -0.486 e. The molecular weight excluding hydrogens is 294 g/mol. The van der Waals surface area contributed by atoms with E-state index in [-0.39, 0.29) is 6.03 Å². The van der Waals surface area contributed by atoms with Crippen LogP contribution in [0.25, 0.3) is 0 Å². The maximum absolute atomic E-state index is 12.2. The highest BCUT2D eigenvalue weighted by Crippen LogP contribution is 2.30. The van der Waals surface area contributed by atoms with Crippen LogP contribution in [-0.2, 0) is 13.1 Å². The largest absolute Gasteiger partial charge is 0.486 e. The van der Waals surface area contributed by atoms with Crippen LogP contribution in [0, 0.1) is 0 Å². The first kappa shape index (κ1) is 15.1. The lowest BCUT2D eigenvalue weighted by Crippen LogP contribution is -2.36. The van der Waals surface area contributed by atoms with E-state index in [1.807, 2.05) is 30.3 Å². The smallest absolute Gasteiger partial charge is 0.317 e. The molecule has 1 aromatic heterocycles. The van der Waals surface area contributed by atoms with E-state index < -0.39 is 0 Å². The Balaban J connectivity index is 1.55. The molecule has 0 spiro atoms. The van der Waals surface area contributed by atoms with E-state index in [9.17, 15) is 4.79 Å². The van der Waals surface area contributed by atoms with Crippen LogP contribution < -0.4 is 14.8 Å². The van der Waals surface area contributed by atoms with Gasteiger partial charge in [0.15, 0.2) is 11.5 Å². The van der Waals surface area contributed by atoms with Gasteiger partial charge in [0.2, 0.25) is 0 Å². The number of carbonyl (C=O) groups excluding carboxylic acids is 1. The van der Waals surface area contributed by atoms with Gasteiger partial charge in [0.25, 0.3) is 0 Å². The lowest BCUT2D eigenvalue weighted by molar-refractivity contribution is 0.171. The summed E-state index contributed by atoms with van der Waals surface area (Å²) in [5, 5.41) is 2.88. The quantitative estimate of drug-likeness (QED) is 0.940. The van der Waals surface area contributed by atoms with Crippen LogP contribution in [0.1, 0.15) is 11.1 Å². The van der Waals surface area contributed by atoms with Gasteiger partial charge in [0, 0.05) is 32.5 Å². The van der Waals surface area contributed by atoms with Gasteiger partial charge in [-0.3, -0.25) is 4.98 Å². The fourth-order valence-electron chi connectivity index (χ4n) is 2.35. The molecule has 2 heterocycles. The van der Waals surface area contributed by atoms with Gasteiger partial charge >= 0.3 is 6.03 Å². The molecule has 0 fully saturated rings. The second kappa shape index (κ2) is 7.00. The van der Waals surface area contributed by atoms with Gasteiger partial charge in [-0.2, -0.15) is 0 Å². The molecule has 6 nitrogen and oxygen atoms in total. The molecule has 6 heteroatoms. The monoisotopic (exact) mass is 313 g/mol. The Morgan fingerprint density at radius 2 is 1.87 bits per heavy atom. The molecule has 0 bridgehead atoms. The van der Waals surface area contributed by atoms with Gasteiger partial charge in [0.1, 0.15) is 13.2 Å². The van der Waals surface area contributed by atoms with E-state index >= 15 is 0 Å². The standard InChI is InChI=1S/C17H19N3O3/c1-20(17(21)19-11-13-4-6-18-7-5-13)12-14-2-3-15-16(10-14)23-9-8-22-15/h2-7,10H,8-9,11-12H2,1H3,(H,19,21). The van der Waals surface area contributed by atoms with Crippen molar-refractivity contribution < 1.29 is 14.3 Å². The average molecular weight is 313 g/mol. The number of nitrogens with one attached hydrogen (secondary N) is 1. The van der Waals surface area contributed by atoms with Crippen molar-refractivity contribution in [3.05, 3.63) is 53.9 Å². The number of aromatic nitrogens is 1. The van der Waals surface area contributed by atoms with Gasteiger partial charge in [-0.05, 0) is 35.4 Å². The van der Waals surface area contributed by atoms with Gasteiger partial charge < -0.3 is 19.7 Å². The summed E-state index contributed by atoms with van der Waals surface area (Å²) in [7, 11) is 1.76. The van der Waals surface area contributed by atoms with Gasteiger partial charge in [0.05, 0.1) is 0 Å². The fourth-order valence-corrected chi connectivity index (χ4v) is 2.35. The second-order valence-electron chi connectivity index (χ2n) is 5.35. The predicted molar refractivity (Wildman–Crippen MR) is 85.4 cm³/mol. The molecule has 0 radical (unpaired) electrons. The Morgan fingerprint density at radius 3 is 2.65 bits per heavy atom. The molecule has 1 N–H and O–H groups in total. The third kappa shape index (κ3) is 3.91. The highest BCUT2D eigenvalue weighted by Gasteiger charge is 2.14. The van der Waals surface area contributed by atoms with Gasteiger partial charge in [-0.1, -0.05) is 6.07 Å². The van der Waals surface area contributed by atoms with Crippen LogP contribution in [-0.4, -0.2) is 36.2 Å². The minimum absolute atomic E-state index is 0.128. The Labute approximate surface area is 135 Å². The van der Waals surface area contributed by atoms with Crippen LogP contribution in [0.3, 0.4) is 0 Å². The van der Waals surface area contributed by atoms with E-state index in [0.717, 1.165) is 22.6 Å². The summed E-state index contributed by atoms with van der Waals surface area (Å²) in [6.45, 7) is 2.11. The SMILES string of the molecule is CN(Cc1ccc2c(c1)OCCO2)C(=O)NCc1ccncc1. The molecule has 2 amide bonds. The first-order valence-corrected chi connectivity index (χ1v) is 7.49. The van der Waals surface area contributed by atoms with Crippen molar-refractivity contribution in [1.29, 1.82) is 0 Å². The molecule has 0 unspecified atom stereocenters. The van der Waals surface area contributed by atoms with Crippen molar-refractivity contribution in [2.45, 2.75) is 13.1 Å².